The molecule has 7 heteroatoms. The van der Waals surface area contributed by atoms with Crippen LogP contribution in [0.1, 0.15) is 17.5 Å². The SMILES string of the molecule is O=C(C1CCNC1)N1CCN(Cc2cccc(C(F)(F)F)c2)CC1. The van der Waals surface area contributed by atoms with Crippen molar-refractivity contribution in [1.29, 1.82) is 0 Å². The summed E-state index contributed by atoms with van der Waals surface area (Å²) in [6.45, 7) is 4.82. The number of alkyl halides is 3. The Balaban J connectivity index is 1.53. The predicted molar refractivity (Wildman–Crippen MR) is 84.3 cm³/mol. The molecule has 1 N–H and O–H groups in total. The third kappa shape index (κ3) is 4.08. The van der Waals surface area contributed by atoms with E-state index in [4.69, 9.17) is 0 Å². The van der Waals surface area contributed by atoms with Gasteiger partial charge in [-0.15, -0.1) is 0 Å². The van der Waals surface area contributed by atoms with Crippen LogP contribution in [0.25, 0.3) is 0 Å². The van der Waals surface area contributed by atoms with E-state index in [-0.39, 0.29) is 11.8 Å². The third-order valence-corrected chi connectivity index (χ3v) is 4.75. The van der Waals surface area contributed by atoms with Crippen LogP contribution in [0.5, 0.6) is 0 Å². The van der Waals surface area contributed by atoms with Gasteiger partial charge < -0.3 is 10.2 Å². The molecule has 1 amide bonds. The molecular formula is C17H22F3N3O. The van der Waals surface area contributed by atoms with Gasteiger partial charge in [0.15, 0.2) is 0 Å². The van der Waals surface area contributed by atoms with Crippen LogP contribution in [0, 0.1) is 5.92 Å². The Morgan fingerprint density at radius 3 is 2.58 bits per heavy atom. The zero-order chi connectivity index (χ0) is 17.2. The Morgan fingerprint density at radius 2 is 1.96 bits per heavy atom. The van der Waals surface area contributed by atoms with Crippen LogP contribution in [-0.4, -0.2) is 55.0 Å². The highest BCUT2D eigenvalue weighted by Crippen LogP contribution is 2.29. The molecule has 0 radical (unpaired) electrons. The van der Waals surface area contributed by atoms with Gasteiger partial charge >= 0.3 is 6.18 Å². The number of rotatable bonds is 3. The number of benzene rings is 1. The minimum Gasteiger partial charge on any atom is -0.340 e. The molecule has 1 atom stereocenters. The quantitative estimate of drug-likeness (QED) is 0.913. The van der Waals surface area contributed by atoms with Gasteiger partial charge in [0.2, 0.25) is 5.91 Å². The van der Waals surface area contributed by atoms with Crippen molar-refractivity contribution in [3.63, 3.8) is 0 Å². The van der Waals surface area contributed by atoms with Gasteiger partial charge in [-0.1, -0.05) is 18.2 Å². The normalized spacial score (nSPS) is 22.8. The lowest BCUT2D eigenvalue weighted by molar-refractivity contribution is -0.138. The first-order chi connectivity index (χ1) is 11.4. The fraction of sp³-hybridized carbons (Fsp3) is 0.588. The molecule has 2 aliphatic heterocycles. The molecule has 2 aliphatic rings. The van der Waals surface area contributed by atoms with Crippen molar-refractivity contribution in [1.82, 2.24) is 15.1 Å². The third-order valence-electron chi connectivity index (χ3n) is 4.75. The summed E-state index contributed by atoms with van der Waals surface area (Å²) in [5.41, 5.74) is 0.0483. The van der Waals surface area contributed by atoms with Crippen LogP contribution < -0.4 is 5.32 Å². The number of nitrogens with zero attached hydrogens (tertiary/aromatic N) is 2. The van der Waals surface area contributed by atoms with Crippen LogP contribution in [-0.2, 0) is 17.5 Å². The summed E-state index contributed by atoms with van der Waals surface area (Å²) in [7, 11) is 0. The zero-order valence-electron chi connectivity index (χ0n) is 13.5. The maximum atomic E-state index is 12.8. The summed E-state index contributed by atoms with van der Waals surface area (Å²) in [6, 6.07) is 5.47. The molecule has 1 aromatic carbocycles. The van der Waals surface area contributed by atoms with E-state index in [1.165, 1.54) is 12.1 Å². The average molecular weight is 341 g/mol. The maximum Gasteiger partial charge on any atom is 0.416 e. The molecule has 2 saturated heterocycles. The monoisotopic (exact) mass is 341 g/mol. The van der Waals surface area contributed by atoms with Gasteiger partial charge in [0.1, 0.15) is 0 Å². The second-order valence-electron chi connectivity index (χ2n) is 6.49. The van der Waals surface area contributed by atoms with E-state index in [0.29, 0.717) is 38.3 Å². The van der Waals surface area contributed by atoms with Gasteiger partial charge in [0.05, 0.1) is 11.5 Å². The molecule has 4 nitrogen and oxygen atoms in total. The molecule has 0 aromatic heterocycles. The number of carbonyl (C=O) groups excluding carboxylic acids is 1. The smallest absolute Gasteiger partial charge is 0.340 e. The Hall–Kier alpha value is -1.60. The lowest BCUT2D eigenvalue weighted by Gasteiger charge is -2.36. The van der Waals surface area contributed by atoms with E-state index in [0.717, 1.165) is 25.6 Å². The second kappa shape index (κ2) is 7.11. The summed E-state index contributed by atoms with van der Waals surface area (Å²) in [5.74, 6) is 0.290. The molecule has 2 fully saturated rings. The van der Waals surface area contributed by atoms with Gasteiger partial charge in [0.25, 0.3) is 0 Å². The number of hydrogen-bond donors (Lipinski definition) is 1. The summed E-state index contributed by atoms with van der Waals surface area (Å²) in [5, 5.41) is 3.20. The first kappa shape index (κ1) is 17.2. The van der Waals surface area contributed by atoms with E-state index in [9.17, 15) is 18.0 Å². The molecule has 132 valence electrons. The Bertz CT molecular complexity index is 577. The largest absolute Gasteiger partial charge is 0.416 e. The Kier molecular flexibility index (Phi) is 5.10. The van der Waals surface area contributed by atoms with Gasteiger partial charge in [-0.3, -0.25) is 9.69 Å². The van der Waals surface area contributed by atoms with Crippen LogP contribution in [0.3, 0.4) is 0 Å². The van der Waals surface area contributed by atoms with Crippen LogP contribution in [0.4, 0.5) is 13.2 Å². The van der Waals surface area contributed by atoms with E-state index < -0.39 is 11.7 Å². The number of amides is 1. The van der Waals surface area contributed by atoms with Crippen molar-refractivity contribution >= 4 is 5.91 Å². The molecule has 2 heterocycles. The molecule has 0 bridgehead atoms. The number of piperazine rings is 1. The van der Waals surface area contributed by atoms with E-state index >= 15 is 0 Å². The number of carbonyl (C=O) groups is 1. The fourth-order valence-electron chi connectivity index (χ4n) is 3.35. The van der Waals surface area contributed by atoms with Crippen molar-refractivity contribution in [2.45, 2.75) is 19.1 Å². The van der Waals surface area contributed by atoms with Crippen molar-refractivity contribution < 1.29 is 18.0 Å². The van der Waals surface area contributed by atoms with Gasteiger partial charge in [-0.2, -0.15) is 13.2 Å². The minimum absolute atomic E-state index is 0.0833. The molecule has 1 aromatic rings. The molecular weight excluding hydrogens is 319 g/mol. The highest BCUT2D eigenvalue weighted by atomic mass is 19.4. The fourth-order valence-corrected chi connectivity index (χ4v) is 3.35. The van der Waals surface area contributed by atoms with E-state index in [1.807, 2.05) is 4.90 Å². The van der Waals surface area contributed by atoms with Crippen molar-refractivity contribution in [3.8, 4) is 0 Å². The standard InChI is InChI=1S/C17H22F3N3O/c18-17(19,20)15-3-1-2-13(10-15)12-22-6-8-23(9-7-22)16(24)14-4-5-21-11-14/h1-3,10,14,21H,4-9,11-12H2. The summed E-state index contributed by atoms with van der Waals surface area (Å²) < 4.78 is 38.3. The molecule has 0 spiro atoms. The highest BCUT2D eigenvalue weighted by Gasteiger charge is 2.31. The van der Waals surface area contributed by atoms with Crippen LogP contribution in [0.2, 0.25) is 0 Å². The van der Waals surface area contributed by atoms with Gasteiger partial charge in [-0.25, -0.2) is 0 Å². The van der Waals surface area contributed by atoms with Crippen molar-refractivity contribution in [2.24, 2.45) is 5.92 Å². The Morgan fingerprint density at radius 1 is 1.21 bits per heavy atom. The Labute approximate surface area is 139 Å². The topological polar surface area (TPSA) is 35.6 Å². The summed E-state index contributed by atoms with van der Waals surface area (Å²) in [4.78, 5) is 16.4. The van der Waals surface area contributed by atoms with Crippen molar-refractivity contribution in [2.75, 3.05) is 39.3 Å². The highest BCUT2D eigenvalue weighted by molar-refractivity contribution is 5.79. The molecule has 1 unspecified atom stereocenters. The zero-order valence-corrected chi connectivity index (χ0v) is 13.5. The molecule has 0 aliphatic carbocycles. The lowest BCUT2D eigenvalue weighted by Crippen LogP contribution is -2.50. The van der Waals surface area contributed by atoms with E-state index in [1.54, 1.807) is 6.07 Å². The first-order valence-corrected chi connectivity index (χ1v) is 8.31. The minimum atomic E-state index is -4.31. The predicted octanol–water partition coefficient (Wildman–Crippen LogP) is 1.96. The summed E-state index contributed by atoms with van der Waals surface area (Å²) >= 11 is 0. The second-order valence-corrected chi connectivity index (χ2v) is 6.49. The molecule has 24 heavy (non-hydrogen) atoms. The first-order valence-electron chi connectivity index (χ1n) is 8.31. The maximum absolute atomic E-state index is 12.8. The lowest BCUT2D eigenvalue weighted by atomic mass is 10.1. The summed E-state index contributed by atoms with van der Waals surface area (Å²) in [6.07, 6.45) is -3.42. The van der Waals surface area contributed by atoms with Crippen molar-refractivity contribution in [3.05, 3.63) is 35.4 Å². The molecule has 3 rings (SSSR count). The van der Waals surface area contributed by atoms with Gasteiger partial charge in [0, 0.05) is 39.3 Å². The number of hydrogen-bond acceptors (Lipinski definition) is 3. The number of halogens is 3. The van der Waals surface area contributed by atoms with Gasteiger partial charge in [-0.05, 0) is 24.6 Å². The average Bonchev–Trinajstić information content (AvgIpc) is 3.09. The van der Waals surface area contributed by atoms with E-state index in [2.05, 4.69) is 10.2 Å². The van der Waals surface area contributed by atoms with Crippen LogP contribution >= 0.6 is 0 Å². The molecule has 0 saturated carbocycles. The number of nitrogens with one attached hydrogen (secondary N) is 1. The van der Waals surface area contributed by atoms with Crippen LogP contribution in [0.15, 0.2) is 24.3 Å².